The Hall–Kier alpha value is -3.23. The molecule has 2 aromatic carbocycles. The number of carbonyl (C=O) groups excluding carboxylic acids is 1. The normalized spacial score (nSPS) is 22.2. The molecule has 1 aromatic heterocycles. The molecule has 41 heavy (non-hydrogen) atoms. The number of aromatic nitrogens is 1. The first kappa shape index (κ1) is 29.3. The van der Waals surface area contributed by atoms with Crippen LogP contribution in [0.4, 0.5) is 10.8 Å². The van der Waals surface area contributed by atoms with Crippen LogP contribution in [0.15, 0.2) is 57.8 Å². The zero-order valence-electron chi connectivity index (χ0n) is 23.0. The number of benzene rings is 2. The van der Waals surface area contributed by atoms with E-state index >= 15 is 0 Å². The van der Waals surface area contributed by atoms with Crippen molar-refractivity contribution in [2.24, 2.45) is 11.8 Å². The molecule has 3 aromatic rings. The molecule has 2 aliphatic rings. The summed E-state index contributed by atoms with van der Waals surface area (Å²) in [5.41, 5.74) is 7.16. The van der Waals surface area contributed by atoms with Gasteiger partial charge >= 0.3 is 6.09 Å². The lowest BCUT2D eigenvalue weighted by atomic mass is 10.0. The Bertz CT molecular complexity index is 1450. The summed E-state index contributed by atoms with van der Waals surface area (Å²) in [6, 6.07) is 12.7. The van der Waals surface area contributed by atoms with Crippen LogP contribution in [-0.4, -0.2) is 79.7 Å². The first-order valence-corrected chi connectivity index (χ1v) is 15.1. The Morgan fingerprint density at radius 1 is 1.20 bits per heavy atom. The van der Waals surface area contributed by atoms with Crippen molar-refractivity contribution >= 4 is 33.2 Å². The van der Waals surface area contributed by atoms with E-state index in [-0.39, 0.29) is 60.7 Å². The Morgan fingerprint density at radius 2 is 1.98 bits per heavy atom. The van der Waals surface area contributed by atoms with Gasteiger partial charge in [-0.1, -0.05) is 44.2 Å². The third kappa shape index (κ3) is 6.81. The molecule has 1 unspecified atom stereocenters. The lowest BCUT2D eigenvalue weighted by Crippen LogP contribution is -2.51. The Kier molecular flexibility index (Phi) is 8.80. The predicted molar refractivity (Wildman–Crippen MR) is 149 cm³/mol. The van der Waals surface area contributed by atoms with Gasteiger partial charge in [-0.2, -0.15) is 9.29 Å². The van der Waals surface area contributed by atoms with Gasteiger partial charge in [-0.05, 0) is 36.5 Å². The van der Waals surface area contributed by atoms with Gasteiger partial charge < -0.3 is 34.8 Å². The average molecular weight is 589 g/mol. The van der Waals surface area contributed by atoms with Crippen molar-refractivity contribution < 1.29 is 36.9 Å². The molecule has 0 radical (unpaired) electrons. The Balaban J connectivity index is 1.35. The van der Waals surface area contributed by atoms with E-state index in [4.69, 9.17) is 24.4 Å². The fraction of sp³-hybridized carbons (Fsp3) is 0.500. The van der Waals surface area contributed by atoms with Crippen molar-refractivity contribution in [1.82, 2.24) is 14.6 Å². The molecule has 1 amide bonds. The molecule has 0 bridgehead atoms. The molecule has 2 saturated heterocycles. The number of anilines is 1. The van der Waals surface area contributed by atoms with E-state index in [1.807, 2.05) is 44.2 Å². The number of alkyl carbamates (subject to hydrolysis) is 1. The largest absolute Gasteiger partial charge is 0.443 e. The van der Waals surface area contributed by atoms with Gasteiger partial charge in [-0.3, -0.25) is 0 Å². The van der Waals surface area contributed by atoms with Gasteiger partial charge in [0.2, 0.25) is 10.0 Å². The van der Waals surface area contributed by atoms with Crippen LogP contribution >= 0.6 is 0 Å². The molecular formula is C28H36N4O8S. The molecule has 0 spiro atoms. The van der Waals surface area contributed by atoms with Gasteiger partial charge in [0.1, 0.15) is 11.6 Å². The summed E-state index contributed by atoms with van der Waals surface area (Å²) >= 11 is 0. The van der Waals surface area contributed by atoms with Gasteiger partial charge in [-0.25, -0.2) is 13.2 Å². The van der Waals surface area contributed by atoms with Gasteiger partial charge in [0.05, 0.1) is 36.2 Å². The first-order chi connectivity index (χ1) is 19.6. The average Bonchev–Trinajstić information content (AvgIpc) is 3.64. The number of rotatable bonds is 11. The number of nitrogens with zero attached hydrogens (tertiary/aromatic N) is 2. The lowest BCUT2D eigenvalue weighted by Gasteiger charge is -2.31. The maximum atomic E-state index is 13.8. The number of hydrogen-bond acceptors (Lipinski definition) is 10. The number of ether oxygens (including phenoxy) is 3. The van der Waals surface area contributed by atoms with Gasteiger partial charge in [0.25, 0.3) is 6.01 Å². The van der Waals surface area contributed by atoms with Crippen molar-refractivity contribution in [3.8, 4) is 0 Å². The molecule has 2 aliphatic heterocycles. The maximum Gasteiger partial charge on any atom is 0.407 e. The van der Waals surface area contributed by atoms with E-state index in [1.54, 1.807) is 0 Å². The summed E-state index contributed by atoms with van der Waals surface area (Å²) in [5.74, 6) is -0.0851. The van der Waals surface area contributed by atoms with Crippen LogP contribution in [0.2, 0.25) is 0 Å². The number of amides is 1. The number of carbonyl (C=O) groups is 1. The number of oxazole rings is 1. The van der Waals surface area contributed by atoms with Crippen LogP contribution in [0.25, 0.3) is 11.1 Å². The zero-order valence-corrected chi connectivity index (χ0v) is 23.8. The number of sulfonamides is 1. The number of nitrogens with one attached hydrogen (secondary N) is 1. The molecule has 4 N–H and O–H groups in total. The van der Waals surface area contributed by atoms with Gasteiger partial charge in [-0.15, -0.1) is 0 Å². The quantitative estimate of drug-likeness (QED) is 0.303. The molecule has 5 rings (SSSR count). The van der Waals surface area contributed by atoms with Crippen LogP contribution in [0.3, 0.4) is 0 Å². The molecule has 2 fully saturated rings. The summed E-state index contributed by atoms with van der Waals surface area (Å²) in [7, 11) is -4.07. The van der Waals surface area contributed by atoms with Crippen molar-refractivity contribution in [3.63, 3.8) is 0 Å². The number of aliphatic hydroxyl groups is 1. The number of nitrogen functional groups attached to an aromatic ring is 1. The number of hydrogen-bond donors (Lipinski definition) is 3. The minimum atomic E-state index is -4.07. The Morgan fingerprint density at radius 3 is 2.73 bits per heavy atom. The van der Waals surface area contributed by atoms with E-state index in [2.05, 4.69) is 10.3 Å². The highest BCUT2D eigenvalue weighted by molar-refractivity contribution is 7.89. The summed E-state index contributed by atoms with van der Waals surface area (Å²) < 4.78 is 50.8. The Labute approximate surface area is 238 Å². The number of aliphatic hydroxyl groups excluding tert-OH is 1. The van der Waals surface area contributed by atoms with Crippen LogP contribution in [0.5, 0.6) is 0 Å². The summed E-state index contributed by atoms with van der Waals surface area (Å²) in [5, 5.41) is 14.2. The molecule has 5 atom stereocenters. The van der Waals surface area contributed by atoms with Gasteiger partial charge in [0.15, 0.2) is 11.9 Å². The molecule has 12 nitrogen and oxygen atoms in total. The van der Waals surface area contributed by atoms with E-state index in [0.717, 1.165) is 12.0 Å². The maximum absolute atomic E-state index is 13.8. The standard InChI is InChI=1S/C28H36N4O8S/c1-17(2)14-32(41(35,36)19-8-9-21-24(13-19)39-27(29)30-21)15-23(33)22(12-18-6-4-3-5-7-18)31-28(34)40-25-16-38-26-20(25)10-11-37-26/h3-9,13,17,20,22-23,25-26,33H,10-12,14-16H2,1-2H3,(H2,29,30)(H,31,34)/t20?,22-,23+,25-,26+/m0/s1. The minimum Gasteiger partial charge on any atom is -0.443 e. The van der Waals surface area contributed by atoms with Gasteiger partial charge in [0, 0.05) is 19.2 Å². The molecule has 13 heteroatoms. The van der Waals surface area contributed by atoms with Crippen molar-refractivity contribution in [2.45, 2.75) is 56.1 Å². The van der Waals surface area contributed by atoms with Crippen molar-refractivity contribution in [1.29, 1.82) is 0 Å². The lowest BCUT2D eigenvalue weighted by molar-refractivity contribution is -0.0907. The second-order valence-electron chi connectivity index (χ2n) is 10.9. The highest BCUT2D eigenvalue weighted by atomic mass is 32.2. The zero-order chi connectivity index (χ0) is 29.1. The fourth-order valence-electron chi connectivity index (χ4n) is 5.27. The summed E-state index contributed by atoms with van der Waals surface area (Å²) in [4.78, 5) is 17.0. The number of nitrogens with two attached hydrogens (primary N) is 1. The SMILES string of the molecule is CC(C)CN(C[C@@H](O)[C@H](Cc1ccccc1)NC(=O)O[C@H]1CO[C@H]2OCCC21)S(=O)(=O)c1ccc2nc(N)oc2c1. The third-order valence-electron chi connectivity index (χ3n) is 7.28. The smallest absolute Gasteiger partial charge is 0.407 e. The highest BCUT2D eigenvalue weighted by Gasteiger charge is 2.44. The summed E-state index contributed by atoms with van der Waals surface area (Å²) in [6.45, 7) is 4.42. The van der Waals surface area contributed by atoms with Crippen LogP contribution in [0, 0.1) is 11.8 Å². The molecule has 3 heterocycles. The van der Waals surface area contributed by atoms with E-state index in [1.165, 1.54) is 22.5 Å². The molecule has 0 saturated carbocycles. The predicted octanol–water partition coefficient (Wildman–Crippen LogP) is 2.52. The highest BCUT2D eigenvalue weighted by Crippen LogP contribution is 2.33. The van der Waals surface area contributed by atoms with Crippen LogP contribution < -0.4 is 11.1 Å². The van der Waals surface area contributed by atoms with Crippen molar-refractivity contribution in [3.05, 3.63) is 54.1 Å². The fourth-order valence-corrected chi connectivity index (χ4v) is 6.91. The summed E-state index contributed by atoms with van der Waals surface area (Å²) in [6.07, 6.45) is -1.82. The third-order valence-corrected chi connectivity index (χ3v) is 9.11. The minimum absolute atomic E-state index is 0.0180. The second-order valence-corrected chi connectivity index (χ2v) is 12.8. The van der Waals surface area contributed by atoms with E-state index in [0.29, 0.717) is 12.1 Å². The monoisotopic (exact) mass is 588 g/mol. The van der Waals surface area contributed by atoms with Crippen molar-refractivity contribution in [2.75, 3.05) is 32.0 Å². The molecular weight excluding hydrogens is 552 g/mol. The van der Waals surface area contributed by atoms with E-state index in [9.17, 15) is 18.3 Å². The van der Waals surface area contributed by atoms with E-state index < -0.39 is 34.4 Å². The second kappa shape index (κ2) is 12.3. The molecule has 222 valence electrons. The number of fused-ring (bicyclic) bond motifs is 2. The first-order valence-electron chi connectivity index (χ1n) is 13.7. The van der Waals surface area contributed by atoms with Crippen LogP contribution in [0.1, 0.15) is 25.8 Å². The van der Waals surface area contributed by atoms with Crippen LogP contribution in [-0.2, 0) is 30.7 Å². The molecule has 0 aliphatic carbocycles. The topological polar surface area (TPSA) is 166 Å².